The van der Waals surface area contributed by atoms with E-state index in [9.17, 15) is 4.79 Å². The van der Waals surface area contributed by atoms with Gasteiger partial charge in [0.05, 0.1) is 0 Å². The number of hydrogen-bond acceptors (Lipinski definition) is 2. The minimum absolute atomic E-state index is 0.233. The molecule has 2 heterocycles. The fourth-order valence-corrected chi connectivity index (χ4v) is 3.39. The summed E-state index contributed by atoms with van der Waals surface area (Å²) in [6.45, 7) is 0.714. The number of carbonyl (C=O) groups excluding carboxylic acids is 1. The summed E-state index contributed by atoms with van der Waals surface area (Å²) < 4.78 is 3.10. The van der Waals surface area contributed by atoms with Crippen LogP contribution in [-0.2, 0) is 24.7 Å². The molecule has 0 N–H and O–H groups in total. The highest BCUT2D eigenvalue weighted by Crippen LogP contribution is 2.28. The lowest BCUT2D eigenvalue weighted by Crippen LogP contribution is -2.32. The van der Waals surface area contributed by atoms with E-state index in [1.807, 2.05) is 22.7 Å². The van der Waals surface area contributed by atoms with E-state index in [4.69, 9.17) is 0 Å². The molecule has 2 aromatic rings. The normalized spacial score (nSPS) is 15.0. The number of halogens is 1. The van der Waals surface area contributed by atoms with Crippen molar-refractivity contribution in [3.05, 3.63) is 45.3 Å². The molecule has 0 bridgehead atoms. The summed E-state index contributed by atoms with van der Waals surface area (Å²) in [6, 6.07) is 8.38. The molecule has 0 saturated heterocycles. The van der Waals surface area contributed by atoms with Gasteiger partial charge in [-0.2, -0.15) is 5.10 Å². The van der Waals surface area contributed by atoms with Crippen LogP contribution in [-0.4, -0.2) is 22.2 Å². The minimum Gasteiger partial charge on any atom is -0.312 e. The molecule has 0 unspecified atom stereocenters. The molecule has 0 radical (unpaired) electrons. The van der Waals surface area contributed by atoms with Crippen LogP contribution in [0, 0.1) is 3.57 Å². The van der Waals surface area contributed by atoms with E-state index in [1.54, 1.807) is 6.20 Å². The summed E-state index contributed by atoms with van der Waals surface area (Å²) >= 11 is 2.33. The highest BCUT2D eigenvalue weighted by atomic mass is 127. The molecule has 1 aromatic heterocycles. The van der Waals surface area contributed by atoms with Crippen molar-refractivity contribution in [2.24, 2.45) is 7.05 Å². The third-order valence-electron chi connectivity index (χ3n) is 3.98. The second kappa shape index (κ2) is 6.17. The van der Waals surface area contributed by atoms with Crippen LogP contribution in [0.15, 0.2) is 30.5 Å². The maximum Gasteiger partial charge on any atom is 0.227 e. The standard InChI is InChI=1S/C16H18IN3O/c1-19-14(7-9-18-19)8-10-20-15-6-5-13(17)11-12(15)3-2-4-16(20)21/h5-7,9,11H,2-4,8,10H2,1H3. The molecule has 110 valence electrons. The molecule has 1 aromatic carbocycles. The molecular formula is C16H18IN3O. The van der Waals surface area contributed by atoms with Gasteiger partial charge in [-0.05, 0) is 65.3 Å². The Morgan fingerprint density at radius 3 is 2.90 bits per heavy atom. The second-order valence-electron chi connectivity index (χ2n) is 5.37. The molecule has 0 fully saturated rings. The molecule has 1 amide bonds. The van der Waals surface area contributed by atoms with E-state index in [0.717, 1.165) is 30.6 Å². The number of amides is 1. The molecule has 0 aliphatic carbocycles. The van der Waals surface area contributed by atoms with Gasteiger partial charge < -0.3 is 4.90 Å². The summed E-state index contributed by atoms with van der Waals surface area (Å²) in [5.41, 5.74) is 3.52. The van der Waals surface area contributed by atoms with Crippen molar-refractivity contribution in [2.75, 3.05) is 11.4 Å². The lowest BCUT2D eigenvalue weighted by Gasteiger charge is -2.23. The van der Waals surface area contributed by atoms with Crippen molar-refractivity contribution in [3.8, 4) is 0 Å². The fraction of sp³-hybridized carbons (Fsp3) is 0.375. The van der Waals surface area contributed by atoms with Crippen LogP contribution in [0.3, 0.4) is 0 Å². The molecular weight excluding hydrogens is 377 g/mol. The zero-order valence-corrected chi connectivity index (χ0v) is 14.2. The largest absolute Gasteiger partial charge is 0.312 e. The fourth-order valence-electron chi connectivity index (χ4n) is 2.84. The number of aryl methyl sites for hydroxylation is 2. The molecule has 5 heteroatoms. The van der Waals surface area contributed by atoms with Gasteiger partial charge in [-0.3, -0.25) is 9.48 Å². The van der Waals surface area contributed by atoms with Gasteiger partial charge in [0, 0.05) is 47.6 Å². The smallest absolute Gasteiger partial charge is 0.227 e. The number of fused-ring (bicyclic) bond motifs is 1. The minimum atomic E-state index is 0.233. The third kappa shape index (κ3) is 3.12. The Bertz CT molecular complexity index is 665. The predicted octanol–water partition coefficient (Wildman–Crippen LogP) is 2.94. The average Bonchev–Trinajstić information content (AvgIpc) is 2.79. The molecule has 4 nitrogen and oxygen atoms in total. The van der Waals surface area contributed by atoms with Crippen molar-refractivity contribution in [1.29, 1.82) is 0 Å². The Balaban J connectivity index is 1.86. The number of anilines is 1. The number of carbonyl (C=O) groups is 1. The molecule has 0 atom stereocenters. The van der Waals surface area contributed by atoms with Crippen molar-refractivity contribution >= 4 is 34.2 Å². The first kappa shape index (κ1) is 14.6. The summed E-state index contributed by atoms with van der Waals surface area (Å²) in [4.78, 5) is 14.4. The second-order valence-corrected chi connectivity index (χ2v) is 6.61. The van der Waals surface area contributed by atoms with Gasteiger partial charge in [-0.25, -0.2) is 0 Å². The van der Waals surface area contributed by atoms with Gasteiger partial charge >= 0.3 is 0 Å². The van der Waals surface area contributed by atoms with E-state index >= 15 is 0 Å². The van der Waals surface area contributed by atoms with Gasteiger partial charge in [0.25, 0.3) is 0 Å². The first-order chi connectivity index (χ1) is 10.1. The molecule has 21 heavy (non-hydrogen) atoms. The molecule has 3 rings (SSSR count). The van der Waals surface area contributed by atoms with Gasteiger partial charge in [0.15, 0.2) is 0 Å². The number of aromatic nitrogens is 2. The van der Waals surface area contributed by atoms with Crippen LogP contribution in [0.1, 0.15) is 24.1 Å². The van der Waals surface area contributed by atoms with Crippen LogP contribution in [0.4, 0.5) is 5.69 Å². The van der Waals surface area contributed by atoms with E-state index in [2.05, 4.69) is 45.9 Å². The van der Waals surface area contributed by atoms with Crippen LogP contribution in [0.2, 0.25) is 0 Å². The summed E-state index contributed by atoms with van der Waals surface area (Å²) in [6.07, 6.45) is 5.19. The van der Waals surface area contributed by atoms with Gasteiger partial charge in [-0.15, -0.1) is 0 Å². The lowest BCUT2D eigenvalue weighted by atomic mass is 10.1. The Morgan fingerprint density at radius 1 is 1.29 bits per heavy atom. The number of rotatable bonds is 3. The van der Waals surface area contributed by atoms with E-state index in [1.165, 1.54) is 9.13 Å². The number of nitrogens with zero attached hydrogens (tertiary/aromatic N) is 3. The molecule has 0 spiro atoms. The lowest BCUT2D eigenvalue weighted by molar-refractivity contribution is -0.118. The van der Waals surface area contributed by atoms with E-state index < -0.39 is 0 Å². The number of hydrogen-bond donors (Lipinski definition) is 0. The zero-order valence-electron chi connectivity index (χ0n) is 12.1. The number of benzene rings is 1. The Hall–Kier alpha value is -1.37. The van der Waals surface area contributed by atoms with Crippen molar-refractivity contribution in [1.82, 2.24) is 9.78 Å². The Labute approximate surface area is 138 Å². The SMILES string of the molecule is Cn1nccc1CCN1C(=O)CCCc2cc(I)ccc21. The van der Waals surface area contributed by atoms with E-state index in [-0.39, 0.29) is 5.91 Å². The predicted molar refractivity (Wildman–Crippen MR) is 91.4 cm³/mol. The van der Waals surface area contributed by atoms with Crippen molar-refractivity contribution in [2.45, 2.75) is 25.7 Å². The van der Waals surface area contributed by atoms with Crippen LogP contribution in [0.5, 0.6) is 0 Å². The van der Waals surface area contributed by atoms with Crippen LogP contribution >= 0.6 is 22.6 Å². The third-order valence-corrected chi connectivity index (χ3v) is 4.66. The Kier molecular flexibility index (Phi) is 4.28. The van der Waals surface area contributed by atoms with Crippen molar-refractivity contribution in [3.63, 3.8) is 0 Å². The van der Waals surface area contributed by atoms with Gasteiger partial charge in [-0.1, -0.05) is 0 Å². The monoisotopic (exact) mass is 395 g/mol. The Morgan fingerprint density at radius 2 is 2.14 bits per heavy atom. The highest BCUT2D eigenvalue weighted by molar-refractivity contribution is 14.1. The topological polar surface area (TPSA) is 38.1 Å². The molecule has 0 saturated carbocycles. The summed E-state index contributed by atoms with van der Waals surface area (Å²) in [5, 5.41) is 4.19. The summed E-state index contributed by atoms with van der Waals surface area (Å²) in [5.74, 6) is 0.233. The van der Waals surface area contributed by atoms with E-state index in [0.29, 0.717) is 13.0 Å². The molecule has 1 aliphatic heterocycles. The first-order valence-electron chi connectivity index (χ1n) is 7.21. The average molecular weight is 395 g/mol. The quantitative estimate of drug-likeness (QED) is 0.750. The first-order valence-corrected chi connectivity index (χ1v) is 8.29. The van der Waals surface area contributed by atoms with Crippen LogP contribution in [0.25, 0.3) is 0 Å². The maximum atomic E-state index is 12.4. The molecule has 1 aliphatic rings. The summed E-state index contributed by atoms with van der Waals surface area (Å²) in [7, 11) is 1.94. The van der Waals surface area contributed by atoms with Crippen molar-refractivity contribution < 1.29 is 4.79 Å². The van der Waals surface area contributed by atoms with Gasteiger partial charge in [0.1, 0.15) is 0 Å². The maximum absolute atomic E-state index is 12.4. The van der Waals surface area contributed by atoms with Crippen LogP contribution < -0.4 is 4.90 Å². The zero-order chi connectivity index (χ0) is 14.8. The highest BCUT2D eigenvalue weighted by Gasteiger charge is 2.22. The van der Waals surface area contributed by atoms with Gasteiger partial charge in [0.2, 0.25) is 5.91 Å².